The van der Waals surface area contributed by atoms with Gasteiger partial charge < -0.3 is 14.8 Å². The minimum absolute atomic E-state index is 0.170. The first-order valence-electron chi connectivity index (χ1n) is 9.74. The van der Waals surface area contributed by atoms with Gasteiger partial charge in [0.25, 0.3) is 5.91 Å². The molecule has 4 aromatic rings. The number of anilines is 1. The zero-order chi connectivity index (χ0) is 21.6. The fourth-order valence-corrected chi connectivity index (χ4v) is 3.01. The maximum absolute atomic E-state index is 12.7. The second kappa shape index (κ2) is 9.09. The average Bonchev–Trinajstić information content (AvgIpc) is 2.81. The van der Waals surface area contributed by atoms with E-state index in [2.05, 4.69) is 15.3 Å². The van der Waals surface area contributed by atoms with Crippen LogP contribution in [0.4, 0.5) is 5.69 Å². The Balaban J connectivity index is 1.48. The van der Waals surface area contributed by atoms with Crippen molar-refractivity contribution in [2.24, 2.45) is 0 Å². The summed E-state index contributed by atoms with van der Waals surface area (Å²) in [6.45, 7) is 1.96. The van der Waals surface area contributed by atoms with E-state index in [1.807, 2.05) is 49.4 Å². The van der Waals surface area contributed by atoms with Crippen LogP contribution in [0.15, 0.2) is 85.2 Å². The number of hydrogen-bond acceptors (Lipinski definition) is 5. The Morgan fingerprint density at radius 1 is 0.839 bits per heavy atom. The lowest BCUT2D eigenvalue weighted by atomic mass is 10.1. The maximum atomic E-state index is 12.7. The van der Waals surface area contributed by atoms with Crippen LogP contribution in [-0.2, 0) is 0 Å². The van der Waals surface area contributed by atoms with Gasteiger partial charge in [0.05, 0.1) is 7.11 Å². The zero-order valence-corrected chi connectivity index (χ0v) is 17.2. The molecule has 31 heavy (non-hydrogen) atoms. The summed E-state index contributed by atoms with van der Waals surface area (Å²) in [5.74, 6) is 1.19. The smallest absolute Gasteiger partial charge is 0.321 e. The summed E-state index contributed by atoms with van der Waals surface area (Å²) < 4.78 is 10.8. The van der Waals surface area contributed by atoms with E-state index in [0.29, 0.717) is 11.3 Å². The predicted octanol–water partition coefficient (Wildman–Crippen LogP) is 5.51. The summed E-state index contributed by atoms with van der Waals surface area (Å²) in [7, 11) is 1.61. The van der Waals surface area contributed by atoms with Crippen LogP contribution < -0.4 is 14.8 Å². The van der Waals surface area contributed by atoms with Gasteiger partial charge in [-0.05, 0) is 60.5 Å². The third-order valence-corrected chi connectivity index (χ3v) is 4.75. The van der Waals surface area contributed by atoms with E-state index in [-0.39, 0.29) is 11.9 Å². The quantitative estimate of drug-likeness (QED) is 0.453. The second-order valence-corrected chi connectivity index (χ2v) is 6.88. The van der Waals surface area contributed by atoms with Gasteiger partial charge in [-0.2, -0.15) is 0 Å². The van der Waals surface area contributed by atoms with Crippen LogP contribution in [0.3, 0.4) is 0 Å². The van der Waals surface area contributed by atoms with Gasteiger partial charge in [-0.1, -0.05) is 30.3 Å². The molecular formula is C25H21N3O3. The van der Waals surface area contributed by atoms with Crippen LogP contribution in [0, 0.1) is 6.92 Å². The number of aryl methyl sites for hydroxylation is 1. The van der Waals surface area contributed by atoms with Gasteiger partial charge in [-0.15, -0.1) is 0 Å². The highest BCUT2D eigenvalue weighted by atomic mass is 16.5. The van der Waals surface area contributed by atoms with Crippen molar-refractivity contribution in [1.29, 1.82) is 0 Å². The van der Waals surface area contributed by atoms with Crippen LogP contribution in [-0.4, -0.2) is 23.0 Å². The monoisotopic (exact) mass is 411 g/mol. The highest BCUT2D eigenvalue weighted by Crippen LogP contribution is 2.24. The summed E-state index contributed by atoms with van der Waals surface area (Å²) in [6, 6.07) is 22.4. The Labute approximate surface area is 180 Å². The van der Waals surface area contributed by atoms with Crippen LogP contribution in [0.2, 0.25) is 0 Å². The highest BCUT2D eigenvalue weighted by molar-refractivity contribution is 6.05. The van der Waals surface area contributed by atoms with Crippen molar-refractivity contribution in [2.45, 2.75) is 6.92 Å². The molecule has 0 spiro atoms. The van der Waals surface area contributed by atoms with E-state index in [1.165, 1.54) is 0 Å². The molecule has 4 rings (SSSR count). The van der Waals surface area contributed by atoms with Gasteiger partial charge in [0.15, 0.2) is 0 Å². The van der Waals surface area contributed by atoms with Crippen molar-refractivity contribution < 1.29 is 14.3 Å². The molecule has 6 nitrogen and oxygen atoms in total. The summed E-state index contributed by atoms with van der Waals surface area (Å²) in [6.07, 6.45) is 3.34. The fourth-order valence-electron chi connectivity index (χ4n) is 3.01. The molecule has 1 heterocycles. The Morgan fingerprint density at radius 2 is 1.55 bits per heavy atom. The van der Waals surface area contributed by atoms with Gasteiger partial charge in [0.1, 0.15) is 11.5 Å². The lowest BCUT2D eigenvalue weighted by Crippen LogP contribution is -2.12. The number of carbonyl (C=O) groups excluding carboxylic acids is 1. The molecule has 0 radical (unpaired) electrons. The lowest BCUT2D eigenvalue weighted by molar-refractivity contribution is 0.102. The van der Waals surface area contributed by atoms with E-state index in [9.17, 15) is 4.79 Å². The number of carbonyl (C=O) groups is 1. The molecule has 1 N–H and O–H groups in total. The van der Waals surface area contributed by atoms with Gasteiger partial charge in [0, 0.05) is 29.2 Å². The standard InChI is InChI=1S/C25H21N3O3/c1-17-6-3-4-9-23(17)28-24(29)19-8-5-7-18(14-19)20-15-26-25(27-16-20)31-22-12-10-21(30-2)11-13-22/h3-16H,1-2H3,(H,28,29). The summed E-state index contributed by atoms with van der Waals surface area (Å²) in [5.41, 5.74) is 3.98. The van der Waals surface area contributed by atoms with Gasteiger partial charge in [-0.3, -0.25) is 4.79 Å². The number of para-hydroxylation sites is 1. The fraction of sp³-hybridized carbons (Fsp3) is 0.0800. The molecule has 0 unspecified atom stereocenters. The molecular weight excluding hydrogens is 390 g/mol. The lowest BCUT2D eigenvalue weighted by Gasteiger charge is -2.09. The molecule has 0 saturated carbocycles. The zero-order valence-electron chi connectivity index (χ0n) is 17.2. The third-order valence-electron chi connectivity index (χ3n) is 4.75. The van der Waals surface area contributed by atoms with Crippen molar-refractivity contribution in [3.8, 4) is 28.6 Å². The third kappa shape index (κ3) is 4.87. The average molecular weight is 411 g/mol. The number of nitrogens with one attached hydrogen (secondary N) is 1. The molecule has 6 heteroatoms. The molecule has 3 aromatic carbocycles. The molecule has 0 aliphatic heterocycles. The molecule has 1 aromatic heterocycles. The van der Waals surface area contributed by atoms with Gasteiger partial charge >= 0.3 is 6.01 Å². The number of benzene rings is 3. The molecule has 0 saturated heterocycles. The van der Waals surface area contributed by atoms with E-state index < -0.39 is 0 Å². The normalized spacial score (nSPS) is 10.4. The van der Waals surface area contributed by atoms with Crippen LogP contribution in [0.25, 0.3) is 11.1 Å². The SMILES string of the molecule is COc1ccc(Oc2ncc(-c3cccc(C(=O)Nc4ccccc4C)c3)cn2)cc1. The first-order valence-corrected chi connectivity index (χ1v) is 9.74. The summed E-state index contributed by atoms with van der Waals surface area (Å²) in [4.78, 5) is 21.2. The van der Waals surface area contributed by atoms with Crippen LogP contribution in [0.1, 0.15) is 15.9 Å². The van der Waals surface area contributed by atoms with Crippen molar-refractivity contribution in [3.05, 3.63) is 96.3 Å². The molecule has 0 fully saturated rings. The number of methoxy groups -OCH3 is 1. The minimum Gasteiger partial charge on any atom is -0.497 e. The highest BCUT2D eigenvalue weighted by Gasteiger charge is 2.10. The number of rotatable bonds is 6. The number of ether oxygens (including phenoxy) is 2. The van der Waals surface area contributed by atoms with Gasteiger partial charge in [-0.25, -0.2) is 9.97 Å². The maximum Gasteiger partial charge on any atom is 0.321 e. The van der Waals surface area contributed by atoms with Crippen LogP contribution in [0.5, 0.6) is 17.5 Å². The first kappa shape index (κ1) is 20.1. The Kier molecular flexibility index (Phi) is 5.89. The Morgan fingerprint density at radius 3 is 2.26 bits per heavy atom. The van der Waals surface area contributed by atoms with E-state index in [1.54, 1.807) is 49.8 Å². The summed E-state index contributed by atoms with van der Waals surface area (Å²) in [5, 5.41) is 2.95. The van der Waals surface area contributed by atoms with Gasteiger partial charge in [0.2, 0.25) is 0 Å². The van der Waals surface area contributed by atoms with Crippen molar-refractivity contribution in [3.63, 3.8) is 0 Å². The predicted molar refractivity (Wildman–Crippen MR) is 120 cm³/mol. The molecule has 1 amide bonds. The number of nitrogens with zero attached hydrogens (tertiary/aromatic N) is 2. The van der Waals surface area contributed by atoms with E-state index in [0.717, 1.165) is 28.1 Å². The molecule has 0 bridgehead atoms. The summed E-state index contributed by atoms with van der Waals surface area (Å²) >= 11 is 0. The Bertz CT molecular complexity index is 1190. The van der Waals surface area contributed by atoms with E-state index >= 15 is 0 Å². The largest absolute Gasteiger partial charge is 0.497 e. The van der Waals surface area contributed by atoms with Crippen molar-refractivity contribution in [2.75, 3.05) is 12.4 Å². The number of hydrogen-bond donors (Lipinski definition) is 1. The van der Waals surface area contributed by atoms with Crippen molar-refractivity contribution >= 4 is 11.6 Å². The number of amides is 1. The number of aromatic nitrogens is 2. The van der Waals surface area contributed by atoms with E-state index in [4.69, 9.17) is 9.47 Å². The van der Waals surface area contributed by atoms with Crippen LogP contribution >= 0.6 is 0 Å². The first-order chi connectivity index (χ1) is 15.1. The van der Waals surface area contributed by atoms with Crippen molar-refractivity contribution in [1.82, 2.24) is 9.97 Å². The topological polar surface area (TPSA) is 73.3 Å². The molecule has 0 atom stereocenters. The molecule has 154 valence electrons. The Hall–Kier alpha value is -4.19. The second-order valence-electron chi connectivity index (χ2n) is 6.88. The minimum atomic E-state index is -0.170. The molecule has 0 aliphatic carbocycles. The molecule has 0 aliphatic rings.